The van der Waals surface area contributed by atoms with E-state index in [4.69, 9.17) is 9.84 Å². The Morgan fingerprint density at radius 1 is 1.64 bits per heavy atom. The molecule has 0 aromatic rings. The van der Waals surface area contributed by atoms with Gasteiger partial charge in [0.05, 0.1) is 12.0 Å². The Hall–Kier alpha value is -0.710. The van der Waals surface area contributed by atoms with Crippen LogP contribution in [0.15, 0.2) is 0 Å². The number of halogens is 2. The summed E-state index contributed by atoms with van der Waals surface area (Å²) in [6, 6.07) is 0. The molecule has 0 saturated carbocycles. The van der Waals surface area contributed by atoms with Crippen molar-refractivity contribution in [2.45, 2.75) is 44.8 Å². The van der Waals surface area contributed by atoms with E-state index in [9.17, 15) is 13.6 Å². The Bertz CT molecular complexity index is 208. The molecule has 1 fully saturated rings. The summed E-state index contributed by atoms with van der Waals surface area (Å²) in [6.07, 6.45) is -2.79. The van der Waals surface area contributed by atoms with Gasteiger partial charge in [-0.05, 0) is 12.8 Å². The second-order valence-corrected chi connectivity index (χ2v) is 3.53. The third-order valence-corrected chi connectivity index (χ3v) is 2.44. The molecule has 1 rings (SSSR count). The normalized spacial score (nSPS) is 32.4. The third kappa shape index (κ3) is 2.41. The quantitative estimate of drug-likeness (QED) is 0.767. The van der Waals surface area contributed by atoms with Crippen LogP contribution < -0.4 is 0 Å². The highest BCUT2D eigenvalue weighted by Crippen LogP contribution is 2.32. The number of rotatable bonds is 4. The maximum Gasteiger partial charge on any atom is 0.309 e. The number of hydrogen-bond donors (Lipinski definition) is 1. The van der Waals surface area contributed by atoms with Gasteiger partial charge in [0.1, 0.15) is 6.10 Å². The number of carboxylic acids is 1. The van der Waals surface area contributed by atoms with Crippen LogP contribution in [0.5, 0.6) is 0 Å². The summed E-state index contributed by atoms with van der Waals surface area (Å²) in [5.41, 5.74) is 0. The van der Waals surface area contributed by atoms with E-state index in [1.54, 1.807) is 0 Å². The summed E-state index contributed by atoms with van der Waals surface area (Å²) < 4.78 is 29.8. The summed E-state index contributed by atoms with van der Waals surface area (Å²) in [5, 5.41) is 8.71. The van der Waals surface area contributed by atoms with Gasteiger partial charge in [-0.15, -0.1) is 0 Å². The van der Waals surface area contributed by atoms with Crippen molar-refractivity contribution in [1.29, 1.82) is 0 Å². The van der Waals surface area contributed by atoms with Crippen molar-refractivity contribution in [3.8, 4) is 0 Å². The lowest BCUT2D eigenvalue weighted by atomic mass is 9.98. The number of alkyl halides is 2. The third-order valence-electron chi connectivity index (χ3n) is 2.44. The van der Waals surface area contributed by atoms with Crippen molar-refractivity contribution in [3.05, 3.63) is 0 Å². The van der Waals surface area contributed by atoms with E-state index in [1.807, 2.05) is 6.92 Å². The second kappa shape index (κ2) is 4.68. The first-order valence-corrected chi connectivity index (χ1v) is 4.72. The van der Waals surface area contributed by atoms with E-state index in [2.05, 4.69) is 0 Å². The lowest BCUT2D eigenvalue weighted by Crippen LogP contribution is -2.30. The fraction of sp³-hybridized carbons (Fsp3) is 0.889. The first kappa shape index (κ1) is 11.4. The Labute approximate surface area is 81.1 Å². The van der Waals surface area contributed by atoms with Gasteiger partial charge >= 0.3 is 5.97 Å². The summed E-state index contributed by atoms with van der Waals surface area (Å²) >= 11 is 0. The smallest absolute Gasteiger partial charge is 0.309 e. The predicted octanol–water partition coefficient (Wildman–Crippen LogP) is 1.91. The zero-order valence-electron chi connectivity index (χ0n) is 7.95. The molecule has 5 heteroatoms. The van der Waals surface area contributed by atoms with E-state index in [1.165, 1.54) is 0 Å². The molecule has 1 aliphatic heterocycles. The lowest BCUT2D eigenvalue weighted by molar-refractivity contribution is -0.147. The molecule has 0 aliphatic carbocycles. The van der Waals surface area contributed by atoms with Crippen molar-refractivity contribution in [3.63, 3.8) is 0 Å². The second-order valence-electron chi connectivity index (χ2n) is 3.53. The predicted molar refractivity (Wildman–Crippen MR) is 45.3 cm³/mol. The van der Waals surface area contributed by atoms with Gasteiger partial charge in [0.25, 0.3) is 6.43 Å². The Morgan fingerprint density at radius 3 is 2.64 bits per heavy atom. The Morgan fingerprint density at radius 2 is 2.29 bits per heavy atom. The van der Waals surface area contributed by atoms with Crippen LogP contribution in [0.2, 0.25) is 0 Å². The molecular weight excluding hydrogens is 194 g/mol. The first-order valence-electron chi connectivity index (χ1n) is 4.72. The summed E-state index contributed by atoms with van der Waals surface area (Å²) in [5.74, 6) is -2.24. The maximum absolute atomic E-state index is 12.4. The molecule has 3 nitrogen and oxygen atoms in total. The average Bonchev–Trinajstić information content (AvgIpc) is 2.49. The molecule has 1 aliphatic rings. The summed E-state index contributed by atoms with van der Waals surface area (Å²) in [4.78, 5) is 10.7. The molecule has 0 spiro atoms. The SMILES string of the molecule is CCCC1CC(C(=O)O)C(C(F)F)O1. The molecule has 14 heavy (non-hydrogen) atoms. The van der Waals surface area contributed by atoms with E-state index in [0.717, 1.165) is 6.42 Å². The van der Waals surface area contributed by atoms with E-state index in [0.29, 0.717) is 6.42 Å². The molecule has 0 amide bonds. The van der Waals surface area contributed by atoms with Crippen molar-refractivity contribution < 1.29 is 23.4 Å². The minimum atomic E-state index is -2.71. The van der Waals surface area contributed by atoms with Gasteiger partial charge in [-0.3, -0.25) is 4.79 Å². The highest BCUT2D eigenvalue weighted by atomic mass is 19.3. The molecule has 3 unspecified atom stereocenters. The van der Waals surface area contributed by atoms with Crippen LogP contribution in [0.4, 0.5) is 8.78 Å². The van der Waals surface area contributed by atoms with E-state index < -0.39 is 24.4 Å². The van der Waals surface area contributed by atoms with Gasteiger partial charge in [0.2, 0.25) is 0 Å². The van der Waals surface area contributed by atoms with Crippen molar-refractivity contribution in [1.82, 2.24) is 0 Å². The minimum absolute atomic E-state index is 0.207. The number of ether oxygens (including phenoxy) is 1. The molecule has 1 heterocycles. The zero-order chi connectivity index (χ0) is 10.7. The molecule has 82 valence electrons. The monoisotopic (exact) mass is 208 g/mol. The molecule has 0 bridgehead atoms. The standard InChI is InChI=1S/C9H14F2O3/c1-2-3-5-4-6(9(12)13)7(14-5)8(10)11/h5-8H,2-4H2,1H3,(H,12,13). The van der Waals surface area contributed by atoms with Crippen LogP contribution >= 0.6 is 0 Å². The zero-order valence-corrected chi connectivity index (χ0v) is 7.95. The van der Waals surface area contributed by atoms with Crippen molar-refractivity contribution in [2.24, 2.45) is 5.92 Å². The van der Waals surface area contributed by atoms with Crippen LogP contribution in [-0.2, 0) is 9.53 Å². The van der Waals surface area contributed by atoms with Gasteiger partial charge in [-0.25, -0.2) is 8.78 Å². The van der Waals surface area contributed by atoms with Gasteiger partial charge in [-0.2, -0.15) is 0 Å². The molecule has 1 N–H and O–H groups in total. The van der Waals surface area contributed by atoms with Crippen LogP contribution in [0.1, 0.15) is 26.2 Å². The van der Waals surface area contributed by atoms with Gasteiger partial charge in [0.15, 0.2) is 0 Å². The van der Waals surface area contributed by atoms with Crippen LogP contribution in [0.3, 0.4) is 0 Å². The highest BCUT2D eigenvalue weighted by Gasteiger charge is 2.44. The number of aliphatic carboxylic acids is 1. The Kier molecular flexibility index (Phi) is 3.80. The molecule has 0 aromatic heterocycles. The highest BCUT2D eigenvalue weighted by molar-refractivity contribution is 5.71. The lowest BCUT2D eigenvalue weighted by Gasteiger charge is -2.13. The molecule has 0 aromatic carbocycles. The summed E-state index contributed by atoms with van der Waals surface area (Å²) in [6.45, 7) is 1.91. The van der Waals surface area contributed by atoms with Crippen LogP contribution in [0, 0.1) is 5.92 Å². The van der Waals surface area contributed by atoms with Gasteiger partial charge < -0.3 is 9.84 Å². The van der Waals surface area contributed by atoms with E-state index in [-0.39, 0.29) is 12.5 Å². The van der Waals surface area contributed by atoms with Gasteiger partial charge in [-0.1, -0.05) is 13.3 Å². The van der Waals surface area contributed by atoms with Gasteiger partial charge in [0, 0.05) is 0 Å². The van der Waals surface area contributed by atoms with Crippen molar-refractivity contribution in [2.75, 3.05) is 0 Å². The average molecular weight is 208 g/mol. The fourth-order valence-electron chi connectivity index (χ4n) is 1.77. The minimum Gasteiger partial charge on any atom is -0.481 e. The fourth-order valence-corrected chi connectivity index (χ4v) is 1.77. The van der Waals surface area contributed by atoms with E-state index >= 15 is 0 Å². The largest absolute Gasteiger partial charge is 0.481 e. The molecule has 1 saturated heterocycles. The topological polar surface area (TPSA) is 46.5 Å². The molecular formula is C9H14F2O3. The van der Waals surface area contributed by atoms with Crippen LogP contribution in [0.25, 0.3) is 0 Å². The number of carbonyl (C=O) groups is 1. The number of carboxylic acid groups (broad SMARTS) is 1. The van der Waals surface area contributed by atoms with Crippen LogP contribution in [-0.4, -0.2) is 29.7 Å². The molecule has 0 radical (unpaired) electrons. The van der Waals surface area contributed by atoms with Crippen molar-refractivity contribution >= 4 is 5.97 Å². The first-order chi connectivity index (χ1) is 6.56. The molecule has 3 atom stereocenters. The Balaban J connectivity index is 2.60. The summed E-state index contributed by atoms with van der Waals surface area (Å²) in [7, 11) is 0. The maximum atomic E-state index is 12.4. The number of hydrogen-bond acceptors (Lipinski definition) is 2.